The molecule has 1 saturated heterocycles. The second-order valence-corrected chi connectivity index (χ2v) is 8.91. The van der Waals surface area contributed by atoms with Crippen molar-refractivity contribution in [2.24, 2.45) is 5.92 Å². The number of fused-ring (bicyclic) bond motifs is 2. The fourth-order valence-corrected chi connectivity index (χ4v) is 4.91. The Hall–Kier alpha value is -3.87. The zero-order valence-electron chi connectivity index (χ0n) is 19.1. The van der Waals surface area contributed by atoms with Crippen molar-refractivity contribution in [3.8, 4) is 11.1 Å². The largest absolute Gasteiger partial charge is 0.481 e. The van der Waals surface area contributed by atoms with Crippen LogP contribution in [0.15, 0.2) is 56.1 Å². The molecule has 3 heterocycles. The molecule has 5 rings (SSSR count). The highest BCUT2D eigenvalue weighted by Crippen LogP contribution is 2.37. The van der Waals surface area contributed by atoms with Crippen LogP contribution in [-0.2, 0) is 16.0 Å². The van der Waals surface area contributed by atoms with E-state index in [-0.39, 0.29) is 12.3 Å². The Kier molecular flexibility index (Phi) is 5.48. The van der Waals surface area contributed by atoms with Gasteiger partial charge in [-0.25, -0.2) is 4.79 Å². The van der Waals surface area contributed by atoms with Gasteiger partial charge in [-0.15, -0.1) is 0 Å². The van der Waals surface area contributed by atoms with Gasteiger partial charge in [0, 0.05) is 35.5 Å². The van der Waals surface area contributed by atoms with Crippen molar-refractivity contribution < 1.29 is 23.5 Å². The summed E-state index contributed by atoms with van der Waals surface area (Å²) < 4.78 is 11.6. The molecule has 1 N–H and O–H groups in total. The monoisotopic (exact) mass is 459 g/mol. The number of rotatable bonds is 4. The number of hydrogen-bond acceptors (Lipinski definition) is 5. The number of furan rings is 1. The number of carbonyl (C=O) groups excluding carboxylic acids is 1. The van der Waals surface area contributed by atoms with Crippen molar-refractivity contribution in [1.29, 1.82) is 0 Å². The van der Waals surface area contributed by atoms with Crippen LogP contribution in [0.5, 0.6) is 0 Å². The molecule has 1 aliphatic rings. The number of benzene rings is 2. The minimum absolute atomic E-state index is 0.0736. The molecule has 7 heteroatoms. The number of carboxylic acids is 1. The van der Waals surface area contributed by atoms with Crippen molar-refractivity contribution in [1.82, 2.24) is 4.90 Å². The Labute approximate surface area is 195 Å². The highest BCUT2D eigenvalue weighted by molar-refractivity contribution is 6.03. The Balaban J connectivity index is 1.52. The molecule has 0 radical (unpaired) electrons. The lowest BCUT2D eigenvalue weighted by Gasteiger charge is -2.30. The summed E-state index contributed by atoms with van der Waals surface area (Å²) in [5.41, 5.74) is 3.58. The minimum atomic E-state index is -0.825. The molecule has 0 unspecified atom stereocenters. The second-order valence-electron chi connectivity index (χ2n) is 8.91. The van der Waals surface area contributed by atoms with E-state index in [1.54, 1.807) is 11.0 Å². The molecule has 4 aromatic rings. The van der Waals surface area contributed by atoms with Gasteiger partial charge in [0.25, 0.3) is 0 Å². The molecule has 2 aromatic carbocycles. The molecule has 2 aromatic heterocycles. The summed E-state index contributed by atoms with van der Waals surface area (Å²) in [4.78, 5) is 38.5. The first-order valence-corrected chi connectivity index (χ1v) is 11.4. The van der Waals surface area contributed by atoms with Crippen LogP contribution in [0, 0.1) is 19.8 Å². The van der Waals surface area contributed by atoms with Gasteiger partial charge in [-0.05, 0) is 43.9 Å². The fraction of sp³-hybridized carbons (Fsp3) is 0.296. The number of aryl methyl sites for hydroxylation is 2. The molecule has 7 nitrogen and oxygen atoms in total. The average Bonchev–Trinajstić information content (AvgIpc) is 3.15. The zero-order chi connectivity index (χ0) is 24.0. The minimum Gasteiger partial charge on any atom is -0.481 e. The van der Waals surface area contributed by atoms with Crippen LogP contribution >= 0.6 is 0 Å². The van der Waals surface area contributed by atoms with Gasteiger partial charge in [0.1, 0.15) is 16.9 Å². The predicted octanol–water partition coefficient (Wildman–Crippen LogP) is 4.69. The molecule has 0 atom stereocenters. The number of carbonyl (C=O) groups is 2. The third-order valence-electron chi connectivity index (χ3n) is 6.86. The maximum atomic E-state index is 12.9. The van der Waals surface area contributed by atoms with Crippen LogP contribution in [0.4, 0.5) is 0 Å². The molecule has 0 aliphatic carbocycles. The number of hydrogen-bond donors (Lipinski definition) is 1. The van der Waals surface area contributed by atoms with Crippen molar-refractivity contribution in [3.05, 3.63) is 69.8 Å². The van der Waals surface area contributed by atoms with Gasteiger partial charge in [0.05, 0.1) is 17.9 Å². The summed E-state index contributed by atoms with van der Waals surface area (Å²) in [5, 5.41) is 10.9. The first kappa shape index (κ1) is 21.9. The lowest BCUT2D eigenvalue weighted by Crippen LogP contribution is -2.41. The Morgan fingerprint density at radius 3 is 2.35 bits per heavy atom. The Morgan fingerprint density at radius 1 is 1.00 bits per heavy atom. The van der Waals surface area contributed by atoms with Gasteiger partial charge in [0.15, 0.2) is 0 Å². The van der Waals surface area contributed by atoms with E-state index in [0.29, 0.717) is 48.2 Å². The first-order valence-electron chi connectivity index (χ1n) is 11.4. The predicted molar refractivity (Wildman–Crippen MR) is 128 cm³/mol. The fourth-order valence-electron chi connectivity index (χ4n) is 4.91. The van der Waals surface area contributed by atoms with Crippen LogP contribution < -0.4 is 5.63 Å². The average molecular weight is 459 g/mol. The summed E-state index contributed by atoms with van der Waals surface area (Å²) in [7, 11) is 0. The number of carboxylic acid groups (broad SMARTS) is 1. The number of aliphatic carboxylic acids is 1. The van der Waals surface area contributed by atoms with E-state index in [4.69, 9.17) is 8.83 Å². The number of likely N-dealkylation sites (tertiary alicyclic amines) is 1. The molecule has 0 saturated carbocycles. The van der Waals surface area contributed by atoms with Crippen LogP contribution in [0.2, 0.25) is 0 Å². The highest BCUT2D eigenvalue weighted by Gasteiger charge is 2.28. The molecular formula is C27H25NO6. The Bertz CT molecular complexity index is 1470. The van der Waals surface area contributed by atoms with Gasteiger partial charge in [-0.1, -0.05) is 30.3 Å². The second kappa shape index (κ2) is 8.48. The smallest absolute Gasteiger partial charge is 0.340 e. The molecule has 0 spiro atoms. The topological polar surface area (TPSA) is 101 Å². The molecule has 1 fully saturated rings. The zero-order valence-corrected chi connectivity index (χ0v) is 19.1. The summed E-state index contributed by atoms with van der Waals surface area (Å²) in [6, 6.07) is 13.7. The van der Waals surface area contributed by atoms with E-state index in [2.05, 4.69) is 0 Å². The maximum Gasteiger partial charge on any atom is 0.340 e. The normalized spacial score (nSPS) is 14.7. The van der Waals surface area contributed by atoms with E-state index in [0.717, 1.165) is 27.7 Å². The third-order valence-corrected chi connectivity index (χ3v) is 6.86. The molecule has 1 aliphatic heterocycles. The van der Waals surface area contributed by atoms with Gasteiger partial charge >= 0.3 is 11.6 Å². The lowest BCUT2D eigenvalue weighted by molar-refractivity contribution is -0.145. The van der Waals surface area contributed by atoms with Gasteiger partial charge < -0.3 is 18.8 Å². The van der Waals surface area contributed by atoms with Crippen LogP contribution in [0.3, 0.4) is 0 Å². The standard InChI is InChI=1S/C27H25NO6/c1-15-19-12-21-23(33-16(2)25(21)17-6-4-3-5-7-17)14-22(19)34-27(32)20(15)13-24(29)28-10-8-18(9-11-28)26(30)31/h3-7,12,14,18H,8-11,13H2,1-2H3,(H,30,31). The van der Waals surface area contributed by atoms with Crippen molar-refractivity contribution >= 4 is 33.8 Å². The molecule has 34 heavy (non-hydrogen) atoms. The number of amides is 1. The lowest BCUT2D eigenvalue weighted by atomic mass is 9.96. The first-order chi connectivity index (χ1) is 16.3. The van der Waals surface area contributed by atoms with Crippen molar-refractivity contribution in [3.63, 3.8) is 0 Å². The Morgan fingerprint density at radius 2 is 1.68 bits per heavy atom. The quantitative estimate of drug-likeness (QED) is 0.445. The van der Waals surface area contributed by atoms with Crippen LogP contribution in [0.25, 0.3) is 33.1 Å². The SMILES string of the molecule is Cc1oc2cc3oc(=O)c(CC(=O)N4CCC(C(=O)O)CC4)c(C)c3cc2c1-c1ccccc1. The molecule has 1 amide bonds. The summed E-state index contributed by atoms with van der Waals surface area (Å²) >= 11 is 0. The van der Waals surface area contributed by atoms with E-state index in [1.165, 1.54) is 0 Å². The van der Waals surface area contributed by atoms with Gasteiger partial charge in [-0.2, -0.15) is 0 Å². The summed E-state index contributed by atoms with van der Waals surface area (Å²) in [6.07, 6.45) is 0.773. The van der Waals surface area contributed by atoms with Gasteiger partial charge in [-0.3, -0.25) is 9.59 Å². The highest BCUT2D eigenvalue weighted by atomic mass is 16.4. The summed E-state index contributed by atoms with van der Waals surface area (Å²) in [6.45, 7) is 4.50. The third kappa shape index (κ3) is 3.77. The molecule has 174 valence electrons. The molecule has 0 bridgehead atoms. The van der Waals surface area contributed by atoms with Crippen molar-refractivity contribution in [2.45, 2.75) is 33.1 Å². The summed E-state index contributed by atoms with van der Waals surface area (Å²) in [5.74, 6) is -0.662. The van der Waals surface area contributed by atoms with Gasteiger partial charge in [0.2, 0.25) is 5.91 Å². The van der Waals surface area contributed by atoms with E-state index in [1.807, 2.05) is 50.2 Å². The van der Waals surface area contributed by atoms with Crippen LogP contribution in [0.1, 0.15) is 29.7 Å². The van der Waals surface area contributed by atoms with E-state index in [9.17, 15) is 19.5 Å². The number of nitrogens with zero attached hydrogens (tertiary/aromatic N) is 1. The van der Waals surface area contributed by atoms with Crippen LogP contribution in [-0.4, -0.2) is 35.0 Å². The van der Waals surface area contributed by atoms with E-state index >= 15 is 0 Å². The molecular weight excluding hydrogens is 434 g/mol. The van der Waals surface area contributed by atoms with E-state index < -0.39 is 17.5 Å². The number of piperidine rings is 1. The van der Waals surface area contributed by atoms with Crippen molar-refractivity contribution in [2.75, 3.05) is 13.1 Å². The maximum absolute atomic E-state index is 12.9.